The van der Waals surface area contributed by atoms with Crippen molar-refractivity contribution in [3.63, 3.8) is 0 Å². The Bertz CT molecular complexity index is 2800. The van der Waals surface area contributed by atoms with Gasteiger partial charge in [0, 0.05) is 21.8 Å². The van der Waals surface area contributed by atoms with Crippen molar-refractivity contribution >= 4 is 82.5 Å². The van der Waals surface area contributed by atoms with Crippen molar-refractivity contribution in [2.45, 2.75) is 0 Å². The molecular weight excluding hydrogens is 574 g/mol. The smallest absolute Gasteiger partial charge is 0.143 e. The fourth-order valence-corrected chi connectivity index (χ4v) is 7.24. The number of nitrogens with zero attached hydrogens (tertiary/aromatic N) is 1. The Hall–Kier alpha value is -6.32. The van der Waals surface area contributed by atoms with Gasteiger partial charge in [0.05, 0.1) is 22.1 Å². The first-order valence-electron chi connectivity index (χ1n) is 15.9. The van der Waals surface area contributed by atoms with Crippen LogP contribution in [0.2, 0.25) is 0 Å². The Morgan fingerprint density at radius 3 is 1.77 bits per heavy atom. The van der Waals surface area contributed by atoms with Crippen LogP contribution in [-0.4, -0.2) is 0 Å². The molecule has 0 aliphatic carbocycles. The van der Waals surface area contributed by atoms with E-state index in [2.05, 4.69) is 157 Å². The summed E-state index contributed by atoms with van der Waals surface area (Å²) in [6, 6.07) is 57.9. The third-order valence-electron chi connectivity index (χ3n) is 9.44. The highest BCUT2D eigenvalue weighted by atomic mass is 16.3. The van der Waals surface area contributed by atoms with Crippen LogP contribution in [0.25, 0.3) is 76.5 Å². The summed E-state index contributed by atoms with van der Waals surface area (Å²) in [6.45, 7) is 0. The minimum Gasteiger partial charge on any atom is -0.456 e. The van der Waals surface area contributed by atoms with Crippen LogP contribution >= 0.6 is 0 Å². The minimum absolute atomic E-state index is 0.857. The van der Waals surface area contributed by atoms with Gasteiger partial charge in [-0.15, -0.1) is 0 Å². The van der Waals surface area contributed by atoms with Crippen molar-refractivity contribution in [2.24, 2.45) is 0 Å². The quantitative estimate of drug-likeness (QED) is 0.201. The molecule has 3 nitrogen and oxygen atoms in total. The zero-order valence-electron chi connectivity index (χ0n) is 25.4. The molecule has 2 heterocycles. The molecule has 47 heavy (non-hydrogen) atoms. The predicted molar refractivity (Wildman–Crippen MR) is 196 cm³/mol. The van der Waals surface area contributed by atoms with Crippen LogP contribution in [0, 0.1) is 0 Å². The van der Waals surface area contributed by atoms with Crippen LogP contribution in [0.5, 0.6) is 0 Å². The molecule has 0 bridgehead atoms. The van der Waals surface area contributed by atoms with Crippen LogP contribution in [0.15, 0.2) is 173 Å². The molecule has 0 amide bonds. The third kappa shape index (κ3) is 4.00. The highest BCUT2D eigenvalue weighted by molar-refractivity contribution is 6.21. The average molecular weight is 602 g/mol. The Morgan fingerprint density at radius 2 is 0.957 bits per heavy atom. The fraction of sp³-hybridized carbons (Fsp3) is 0. The van der Waals surface area contributed by atoms with Crippen LogP contribution in [0.1, 0.15) is 0 Å². The lowest BCUT2D eigenvalue weighted by atomic mass is 10.00. The van der Waals surface area contributed by atoms with Gasteiger partial charge in [-0.25, -0.2) is 0 Å². The number of anilines is 3. The molecular formula is C44H27NO2. The predicted octanol–water partition coefficient (Wildman–Crippen LogP) is 12.9. The van der Waals surface area contributed by atoms with Crippen LogP contribution in [0.3, 0.4) is 0 Å². The van der Waals surface area contributed by atoms with E-state index in [0.29, 0.717) is 0 Å². The number of furan rings is 2. The molecule has 0 radical (unpaired) electrons. The molecule has 8 aromatic carbocycles. The molecule has 0 unspecified atom stereocenters. The topological polar surface area (TPSA) is 29.5 Å². The fourth-order valence-electron chi connectivity index (χ4n) is 7.24. The summed E-state index contributed by atoms with van der Waals surface area (Å²) in [5.74, 6) is 0. The summed E-state index contributed by atoms with van der Waals surface area (Å²) in [5.41, 5.74) is 9.01. The number of fused-ring (bicyclic) bond motifs is 9. The van der Waals surface area contributed by atoms with E-state index >= 15 is 0 Å². The minimum atomic E-state index is 0.857. The average Bonchev–Trinajstić information content (AvgIpc) is 3.72. The highest BCUT2D eigenvalue weighted by Gasteiger charge is 2.23. The van der Waals surface area contributed by atoms with E-state index in [1.165, 1.54) is 21.9 Å². The molecule has 0 aliphatic heterocycles. The molecule has 10 aromatic rings. The van der Waals surface area contributed by atoms with Crippen molar-refractivity contribution < 1.29 is 8.83 Å². The van der Waals surface area contributed by atoms with E-state index in [0.717, 1.165) is 71.7 Å². The number of hydrogen-bond donors (Lipinski definition) is 0. The second-order valence-corrected chi connectivity index (χ2v) is 12.1. The number of benzene rings is 8. The molecule has 0 N–H and O–H groups in total. The number of hydrogen-bond acceptors (Lipinski definition) is 3. The Labute approximate surface area is 270 Å². The molecule has 2 aromatic heterocycles. The second kappa shape index (κ2) is 10.1. The maximum Gasteiger partial charge on any atom is 0.143 e. The van der Waals surface area contributed by atoms with E-state index in [1.807, 2.05) is 12.1 Å². The molecule has 0 aliphatic rings. The first kappa shape index (κ1) is 26.0. The van der Waals surface area contributed by atoms with E-state index in [9.17, 15) is 0 Å². The number of para-hydroxylation sites is 1. The summed E-state index contributed by atoms with van der Waals surface area (Å²) in [7, 11) is 0. The van der Waals surface area contributed by atoms with Crippen molar-refractivity contribution in [2.75, 3.05) is 4.90 Å². The van der Waals surface area contributed by atoms with Gasteiger partial charge in [-0.2, -0.15) is 0 Å². The van der Waals surface area contributed by atoms with Crippen molar-refractivity contribution in [1.29, 1.82) is 0 Å². The lowest BCUT2D eigenvalue weighted by molar-refractivity contribution is 0.669. The van der Waals surface area contributed by atoms with Crippen LogP contribution in [0.4, 0.5) is 17.1 Å². The van der Waals surface area contributed by atoms with Crippen LogP contribution in [-0.2, 0) is 0 Å². The lowest BCUT2D eigenvalue weighted by Gasteiger charge is -2.27. The van der Waals surface area contributed by atoms with Gasteiger partial charge in [0.15, 0.2) is 0 Å². The zero-order chi connectivity index (χ0) is 30.9. The molecule has 0 saturated heterocycles. The van der Waals surface area contributed by atoms with Crippen molar-refractivity contribution in [3.8, 4) is 11.1 Å². The standard InChI is InChI=1S/C44H27NO2/c1-2-11-31-27-32(20-19-28(31)9-1)29-21-24-33(25-22-29)45(37-14-7-17-40-42(37)35-13-5-6-16-39(35)46-40)38-15-8-18-41-43(38)36-26-23-30-10-3-4-12-34(30)44(36)47-41/h1-27H. The Morgan fingerprint density at radius 1 is 0.362 bits per heavy atom. The summed E-state index contributed by atoms with van der Waals surface area (Å²) in [6.07, 6.45) is 0. The molecule has 0 spiro atoms. The van der Waals surface area contributed by atoms with Gasteiger partial charge in [-0.1, -0.05) is 109 Å². The van der Waals surface area contributed by atoms with E-state index in [-0.39, 0.29) is 0 Å². The first-order valence-corrected chi connectivity index (χ1v) is 15.9. The molecule has 0 atom stereocenters. The SMILES string of the molecule is c1ccc2cc(-c3ccc(N(c4cccc5oc6ccccc6c45)c4cccc5oc6c7ccccc7ccc6c45)cc3)ccc2c1. The summed E-state index contributed by atoms with van der Waals surface area (Å²) in [4.78, 5) is 2.36. The molecule has 3 heteroatoms. The molecule has 220 valence electrons. The van der Waals surface area contributed by atoms with E-state index in [1.54, 1.807) is 0 Å². The van der Waals surface area contributed by atoms with Gasteiger partial charge in [0.1, 0.15) is 22.3 Å². The normalized spacial score (nSPS) is 11.8. The first-order chi connectivity index (χ1) is 23.3. The maximum atomic E-state index is 6.64. The van der Waals surface area contributed by atoms with E-state index in [4.69, 9.17) is 8.83 Å². The van der Waals surface area contributed by atoms with E-state index < -0.39 is 0 Å². The van der Waals surface area contributed by atoms with Gasteiger partial charge in [0.2, 0.25) is 0 Å². The van der Waals surface area contributed by atoms with Gasteiger partial charge >= 0.3 is 0 Å². The molecule has 0 fully saturated rings. The van der Waals surface area contributed by atoms with Gasteiger partial charge in [-0.3, -0.25) is 0 Å². The summed E-state index contributed by atoms with van der Waals surface area (Å²) >= 11 is 0. The Kier molecular flexibility index (Phi) is 5.57. The highest BCUT2D eigenvalue weighted by Crippen LogP contribution is 2.47. The monoisotopic (exact) mass is 601 g/mol. The second-order valence-electron chi connectivity index (χ2n) is 12.1. The van der Waals surface area contributed by atoms with Gasteiger partial charge in [0.25, 0.3) is 0 Å². The number of rotatable bonds is 4. The van der Waals surface area contributed by atoms with Crippen molar-refractivity contribution in [1.82, 2.24) is 0 Å². The van der Waals surface area contributed by atoms with Gasteiger partial charge in [-0.05, 0) is 81.9 Å². The third-order valence-corrected chi connectivity index (χ3v) is 9.44. The Balaban J connectivity index is 1.23. The molecule has 10 rings (SSSR count). The maximum absolute atomic E-state index is 6.64. The van der Waals surface area contributed by atoms with Crippen molar-refractivity contribution in [3.05, 3.63) is 164 Å². The summed E-state index contributed by atoms with van der Waals surface area (Å²) in [5, 5.41) is 9.10. The zero-order valence-corrected chi connectivity index (χ0v) is 25.4. The largest absolute Gasteiger partial charge is 0.456 e. The molecule has 0 saturated carbocycles. The van der Waals surface area contributed by atoms with Crippen LogP contribution < -0.4 is 4.90 Å². The summed E-state index contributed by atoms with van der Waals surface area (Å²) < 4.78 is 13.0. The van der Waals surface area contributed by atoms with Gasteiger partial charge < -0.3 is 13.7 Å². The lowest BCUT2D eigenvalue weighted by Crippen LogP contribution is -2.10.